The Morgan fingerprint density at radius 3 is 2.19 bits per heavy atom. The summed E-state index contributed by atoms with van der Waals surface area (Å²) >= 11 is 0. The smallest absolute Gasteiger partial charge is 0.160 e. The Morgan fingerprint density at radius 1 is 0.519 bits per heavy atom. The summed E-state index contributed by atoms with van der Waals surface area (Å²) < 4.78 is 6.52. The number of aryl methyl sites for hydroxylation is 3. The van der Waals surface area contributed by atoms with Gasteiger partial charge in [-0.2, -0.15) is 0 Å². The molecule has 0 unspecified atom stereocenters. The van der Waals surface area contributed by atoms with E-state index in [1.54, 1.807) is 0 Å². The van der Waals surface area contributed by atoms with Gasteiger partial charge in [0.1, 0.15) is 11.3 Å². The van der Waals surface area contributed by atoms with E-state index in [0.29, 0.717) is 5.82 Å². The van der Waals surface area contributed by atoms with E-state index in [2.05, 4.69) is 135 Å². The SMILES string of the molecule is CC1(C)c2ccc(-c3cccc(-c4cc(C5=CCCc6c5oc5ccccc65)nc(-c5ccccc5)n4)c3)cc2-c2cc3c(cc21)-c1ccccc1CC3. The van der Waals surface area contributed by atoms with Crippen molar-refractivity contribution in [2.75, 3.05) is 0 Å². The van der Waals surface area contributed by atoms with Gasteiger partial charge in [0.15, 0.2) is 5.82 Å². The molecule has 0 spiro atoms. The van der Waals surface area contributed by atoms with Crippen LogP contribution in [0.15, 0.2) is 150 Å². The summed E-state index contributed by atoms with van der Waals surface area (Å²) in [4.78, 5) is 10.4. The summed E-state index contributed by atoms with van der Waals surface area (Å²) in [6.07, 6.45) is 6.35. The second kappa shape index (κ2) is 11.8. The molecule has 0 atom stereocenters. The number of rotatable bonds is 4. The van der Waals surface area contributed by atoms with Gasteiger partial charge in [-0.05, 0) is 112 Å². The second-order valence-corrected chi connectivity index (χ2v) is 15.6. The molecule has 3 aliphatic carbocycles. The zero-order chi connectivity index (χ0) is 36.0. The number of nitrogens with zero attached hydrogens (tertiary/aromatic N) is 2. The molecule has 0 saturated carbocycles. The third kappa shape index (κ3) is 4.81. The van der Waals surface area contributed by atoms with Gasteiger partial charge in [-0.15, -0.1) is 0 Å². The van der Waals surface area contributed by atoms with Crippen LogP contribution >= 0.6 is 0 Å². The number of para-hydroxylation sites is 1. The highest BCUT2D eigenvalue weighted by Gasteiger charge is 2.37. The summed E-state index contributed by atoms with van der Waals surface area (Å²) in [7, 11) is 0. The van der Waals surface area contributed by atoms with Gasteiger partial charge in [0, 0.05) is 33.1 Å². The van der Waals surface area contributed by atoms with Crippen molar-refractivity contribution >= 4 is 16.5 Å². The number of fused-ring (bicyclic) bond motifs is 9. The minimum Gasteiger partial charge on any atom is -0.456 e. The van der Waals surface area contributed by atoms with Crippen LogP contribution in [0, 0.1) is 0 Å². The predicted molar refractivity (Wildman–Crippen MR) is 220 cm³/mol. The van der Waals surface area contributed by atoms with Gasteiger partial charge in [-0.3, -0.25) is 0 Å². The summed E-state index contributed by atoms with van der Waals surface area (Å²) in [6, 6.07) is 50.6. The van der Waals surface area contributed by atoms with Crippen LogP contribution in [0.3, 0.4) is 0 Å². The van der Waals surface area contributed by atoms with E-state index < -0.39 is 0 Å². The average Bonchev–Trinajstić information content (AvgIpc) is 3.71. The number of hydrogen-bond donors (Lipinski definition) is 0. The monoisotopic (exact) mass is 694 g/mol. The molecule has 2 heterocycles. The maximum atomic E-state index is 6.52. The summed E-state index contributed by atoms with van der Waals surface area (Å²) in [5.41, 5.74) is 20.6. The van der Waals surface area contributed by atoms with E-state index in [0.717, 1.165) is 65.1 Å². The van der Waals surface area contributed by atoms with Crippen molar-refractivity contribution < 1.29 is 4.42 Å². The van der Waals surface area contributed by atoms with Crippen LogP contribution in [0.2, 0.25) is 0 Å². The van der Waals surface area contributed by atoms with E-state index in [1.165, 1.54) is 66.6 Å². The normalized spacial score (nSPS) is 14.8. The minimum atomic E-state index is -0.0782. The fraction of sp³-hybridized carbons (Fsp3) is 0.137. The maximum absolute atomic E-state index is 6.52. The molecule has 8 aromatic rings. The first-order valence-electron chi connectivity index (χ1n) is 19.2. The molecule has 258 valence electrons. The molecule has 11 rings (SSSR count). The average molecular weight is 695 g/mol. The third-order valence-electron chi connectivity index (χ3n) is 12.1. The minimum absolute atomic E-state index is 0.0782. The van der Waals surface area contributed by atoms with Crippen molar-refractivity contribution in [1.82, 2.24) is 9.97 Å². The lowest BCUT2D eigenvalue weighted by molar-refractivity contribution is 0.590. The molecule has 6 aromatic carbocycles. The van der Waals surface area contributed by atoms with Crippen LogP contribution in [-0.4, -0.2) is 9.97 Å². The predicted octanol–water partition coefficient (Wildman–Crippen LogP) is 12.7. The van der Waals surface area contributed by atoms with E-state index in [9.17, 15) is 0 Å². The molecule has 0 radical (unpaired) electrons. The maximum Gasteiger partial charge on any atom is 0.160 e. The first kappa shape index (κ1) is 31.2. The third-order valence-corrected chi connectivity index (χ3v) is 12.1. The number of hydrogen-bond acceptors (Lipinski definition) is 3. The molecule has 0 aliphatic heterocycles. The van der Waals surface area contributed by atoms with Crippen LogP contribution in [0.25, 0.3) is 72.6 Å². The Balaban J connectivity index is 1.02. The van der Waals surface area contributed by atoms with Gasteiger partial charge in [-0.25, -0.2) is 9.97 Å². The zero-order valence-corrected chi connectivity index (χ0v) is 30.5. The molecule has 0 bridgehead atoms. The lowest BCUT2D eigenvalue weighted by atomic mass is 9.78. The fourth-order valence-electron chi connectivity index (χ4n) is 9.30. The molecule has 0 amide bonds. The van der Waals surface area contributed by atoms with Gasteiger partial charge >= 0.3 is 0 Å². The Labute approximate surface area is 315 Å². The number of furan rings is 1. The number of aromatic nitrogens is 2. The standard InChI is InChI=1S/C51H38N2O/c1-51(2)44-25-24-34(27-42(44)43-28-35-23-22-31-12-6-7-17-37(31)41(35)29-45(43)51)33-15-10-16-36(26-33)46-30-47(53-50(52-46)32-13-4-3-5-14-32)40-20-11-19-39-38-18-8-9-21-48(38)54-49(39)40/h3-10,12-18,20-21,24-30H,11,19,22-23H2,1-2H3. The molecule has 0 fully saturated rings. The summed E-state index contributed by atoms with van der Waals surface area (Å²) in [5.74, 6) is 1.63. The van der Waals surface area contributed by atoms with Gasteiger partial charge in [0.05, 0.1) is 11.4 Å². The largest absolute Gasteiger partial charge is 0.456 e. The Hall–Kier alpha value is -6.32. The Bertz CT molecular complexity index is 2850. The van der Waals surface area contributed by atoms with Crippen LogP contribution in [-0.2, 0) is 24.7 Å². The van der Waals surface area contributed by atoms with Crippen molar-refractivity contribution in [2.24, 2.45) is 0 Å². The van der Waals surface area contributed by atoms with E-state index in [1.807, 2.05) is 24.3 Å². The summed E-state index contributed by atoms with van der Waals surface area (Å²) in [6.45, 7) is 4.76. The fourth-order valence-corrected chi connectivity index (χ4v) is 9.30. The molecular weight excluding hydrogens is 657 g/mol. The van der Waals surface area contributed by atoms with Crippen molar-refractivity contribution in [1.29, 1.82) is 0 Å². The molecular formula is C51H38N2O. The number of allylic oxidation sites excluding steroid dienone is 1. The van der Waals surface area contributed by atoms with E-state index >= 15 is 0 Å². The van der Waals surface area contributed by atoms with E-state index in [-0.39, 0.29) is 5.41 Å². The molecule has 0 saturated heterocycles. The molecule has 3 aliphatic rings. The van der Waals surface area contributed by atoms with Crippen molar-refractivity contribution in [3.63, 3.8) is 0 Å². The molecule has 0 N–H and O–H groups in total. The molecule has 2 aromatic heterocycles. The van der Waals surface area contributed by atoms with Gasteiger partial charge in [0.25, 0.3) is 0 Å². The second-order valence-electron chi connectivity index (χ2n) is 15.6. The Kier molecular flexibility index (Phi) is 6.85. The van der Waals surface area contributed by atoms with Crippen molar-refractivity contribution in [3.8, 4) is 56.0 Å². The van der Waals surface area contributed by atoms with Gasteiger partial charge < -0.3 is 4.42 Å². The van der Waals surface area contributed by atoms with Crippen LogP contribution < -0.4 is 0 Å². The highest BCUT2D eigenvalue weighted by atomic mass is 16.3. The lowest BCUT2D eigenvalue weighted by Crippen LogP contribution is -2.16. The first-order valence-corrected chi connectivity index (χ1v) is 19.2. The quantitative estimate of drug-likeness (QED) is 0.184. The van der Waals surface area contributed by atoms with Crippen LogP contribution in [0.5, 0.6) is 0 Å². The van der Waals surface area contributed by atoms with E-state index in [4.69, 9.17) is 14.4 Å². The van der Waals surface area contributed by atoms with Crippen LogP contribution in [0.1, 0.15) is 59.5 Å². The number of benzene rings is 6. The zero-order valence-electron chi connectivity index (χ0n) is 30.5. The van der Waals surface area contributed by atoms with Crippen LogP contribution in [0.4, 0.5) is 0 Å². The Morgan fingerprint density at radius 2 is 1.26 bits per heavy atom. The highest BCUT2D eigenvalue weighted by molar-refractivity contribution is 5.92. The molecule has 3 nitrogen and oxygen atoms in total. The molecule has 3 heteroatoms. The lowest BCUT2D eigenvalue weighted by Gasteiger charge is -2.25. The van der Waals surface area contributed by atoms with Crippen molar-refractivity contribution in [3.05, 3.63) is 185 Å². The van der Waals surface area contributed by atoms with Gasteiger partial charge in [0.2, 0.25) is 0 Å². The molecule has 54 heavy (non-hydrogen) atoms. The summed E-state index contributed by atoms with van der Waals surface area (Å²) in [5, 5.41) is 1.19. The highest BCUT2D eigenvalue weighted by Crippen LogP contribution is 2.52. The van der Waals surface area contributed by atoms with Crippen molar-refractivity contribution in [2.45, 2.75) is 44.9 Å². The topological polar surface area (TPSA) is 38.9 Å². The van der Waals surface area contributed by atoms with Gasteiger partial charge in [-0.1, -0.05) is 129 Å². The first-order chi connectivity index (χ1) is 26.5.